The van der Waals surface area contributed by atoms with Crippen molar-refractivity contribution < 1.29 is 0 Å². The van der Waals surface area contributed by atoms with E-state index in [0.29, 0.717) is 0 Å². The average Bonchev–Trinajstić information content (AvgIpc) is 2.58. The third-order valence-corrected chi connectivity index (χ3v) is 2.71. The van der Waals surface area contributed by atoms with Gasteiger partial charge in [-0.15, -0.1) is 6.58 Å². The van der Waals surface area contributed by atoms with Crippen molar-refractivity contribution in [1.29, 1.82) is 0 Å². The van der Waals surface area contributed by atoms with Crippen molar-refractivity contribution in [3.8, 4) is 0 Å². The SMILES string of the molecule is C=CC/C=C(\C=C)C=NC(C)C1=CCCC=C1.CC.CCC. The zero-order valence-corrected chi connectivity index (χ0v) is 15.3. The summed E-state index contributed by atoms with van der Waals surface area (Å²) in [7, 11) is 0. The van der Waals surface area contributed by atoms with Crippen molar-refractivity contribution in [3.63, 3.8) is 0 Å². The fraction of sp³-hybridized carbons (Fsp3) is 0.476. The van der Waals surface area contributed by atoms with Crippen LogP contribution >= 0.6 is 0 Å². The Kier molecular flexibility index (Phi) is 17.9. The second-order valence-electron chi connectivity index (χ2n) is 4.78. The molecule has 0 bridgehead atoms. The summed E-state index contributed by atoms with van der Waals surface area (Å²) in [6.07, 6.45) is 18.7. The molecule has 22 heavy (non-hydrogen) atoms. The van der Waals surface area contributed by atoms with E-state index in [-0.39, 0.29) is 6.04 Å². The molecule has 0 heterocycles. The van der Waals surface area contributed by atoms with Crippen LogP contribution in [0.15, 0.2) is 65.8 Å². The predicted molar refractivity (Wildman–Crippen MR) is 105 cm³/mol. The molecule has 0 aromatic heterocycles. The van der Waals surface area contributed by atoms with Crippen LogP contribution in [0.2, 0.25) is 0 Å². The third kappa shape index (κ3) is 12.1. The van der Waals surface area contributed by atoms with Crippen LogP contribution in [-0.4, -0.2) is 12.3 Å². The highest BCUT2D eigenvalue weighted by atomic mass is 14.8. The topological polar surface area (TPSA) is 12.4 Å². The van der Waals surface area contributed by atoms with Gasteiger partial charge in [0.05, 0.1) is 6.04 Å². The minimum absolute atomic E-state index is 0.221. The molecule has 0 spiro atoms. The first-order valence-electron chi connectivity index (χ1n) is 8.52. The third-order valence-electron chi connectivity index (χ3n) is 2.71. The van der Waals surface area contributed by atoms with E-state index in [2.05, 4.69) is 63.2 Å². The van der Waals surface area contributed by atoms with E-state index in [1.807, 2.05) is 32.2 Å². The van der Waals surface area contributed by atoms with Crippen LogP contribution in [0.25, 0.3) is 0 Å². The Morgan fingerprint density at radius 1 is 1.27 bits per heavy atom. The summed E-state index contributed by atoms with van der Waals surface area (Å²) in [4.78, 5) is 4.55. The number of aliphatic imine (C=N–C) groups is 1. The molecular weight excluding hydrogens is 266 g/mol. The summed E-state index contributed by atoms with van der Waals surface area (Å²) in [5, 5.41) is 0. The van der Waals surface area contributed by atoms with Crippen molar-refractivity contribution >= 4 is 6.21 Å². The summed E-state index contributed by atoms with van der Waals surface area (Å²) < 4.78 is 0. The summed E-state index contributed by atoms with van der Waals surface area (Å²) in [6, 6.07) is 0.221. The van der Waals surface area contributed by atoms with Gasteiger partial charge in [0.2, 0.25) is 0 Å². The zero-order valence-electron chi connectivity index (χ0n) is 15.3. The number of hydrogen-bond donors (Lipinski definition) is 0. The van der Waals surface area contributed by atoms with Gasteiger partial charge in [0.15, 0.2) is 0 Å². The molecular formula is C21H35N. The Balaban J connectivity index is 0. The van der Waals surface area contributed by atoms with Crippen LogP contribution < -0.4 is 0 Å². The van der Waals surface area contributed by atoms with Gasteiger partial charge < -0.3 is 0 Å². The Hall–Kier alpha value is -1.63. The molecule has 1 nitrogen and oxygen atoms in total. The standard InChI is InChI=1S/C16H21N.C3H8.C2H6/c1-4-6-10-15(5-2)13-17-14(3)16-11-8-7-9-12-16;1-3-2;1-2/h4-5,8,10-14H,1-2,6-7,9H2,3H3;3H2,1-2H3;1-2H3/b15-10+,17-13?;;. The molecule has 0 amide bonds. The van der Waals surface area contributed by atoms with Crippen molar-refractivity contribution in [3.05, 3.63) is 60.8 Å². The summed E-state index contributed by atoms with van der Waals surface area (Å²) in [5.74, 6) is 0. The fourth-order valence-electron chi connectivity index (χ4n) is 1.64. The first-order chi connectivity index (χ1) is 10.7. The Morgan fingerprint density at radius 3 is 2.36 bits per heavy atom. The minimum atomic E-state index is 0.221. The maximum Gasteiger partial charge on any atom is 0.0717 e. The Bertz CT molecular complexity index is 394. The van der Waals surface area contributed by atoms with E-state index < -0.39 is 0 Å². The average molecular weight is 302 g/mol. The van der Waals surface area contributed by atoms with Crippen LogP contribution in [0.4, 0.5) is 0 Å². The maximum absolute atomic E-state index is 4.55. The lowest BCUT2D eigenvalue weighted by Crippen LogP contribution is -2.03. The van der Waals surface area contributed by atoms with Crippen molar-refractivity contribution in [1.82, 2.24) is 0 Å². The number of allylic oxidation sites excluding steroid dienone is 6. The second-order valence-corrected chi connectivity index (χ2v) is 4.78. The van der Waals surface area contributed by atoms with Crippen LogP contribution in [0.5, 0.6) is 0 Å². The van der Waals surface area contributed by atoms with E-state index in [9.17, 15) is 0 Å². The fourth-order valence-corrected chi connectivity index (χ4v) is 1.64. The van der Waals surface area contributed by atoms with Crippen LogP contribution in [-0.2, 0) is 0 Å². The van der Waals surface area contributed by atoms with Crippen molar-refractivity contribution in [2.75, 3.05) is 0 Å². The highest BCUT2D eigenvalue weighted by molar-refractivity contribution is 5.82. The lowest BCUT2D eigenvalue weighted by molar-refractivity contribution is 0.861. The predicted octanol–water partition coefficient (Wildman–Crippen LogP) is 6.85. The molecule has 0 fully saturated rings. The van der Waals surface area contributed by atoms with Gasteiger partial charge in [-0.3, -0.25) is 4.99 Å². The lowest BCUT2D eigenvalue weighted by atomic mass is 10.0. The van der Waals surface area contributed by atoms with Crippen molar-refractivity contribution in [2.45, 2.75) is 66.3 Å². The normalized spacial score (nSPS) is 15.0. The van der Waals surface area contributed by atoms with Crippen molar-refractivity contribution in [2.24, 2.45) is 4.99 Å². The van der Waals surface area contributed by atoms with Crippen LogP contribution in [0.3, 0.4) is 0 Å². The molecule has 1 aliphatic carbocycles. The Labute approximate surface area is 138 Å². The van der Waals surface area contributed by atoms with E-state index in [1.165, 1.54) is 12.0 Å². The first kappa shape index (κ1) is 22.6. The summed E-state index contributed by atoms with van der Waals surface area (Å²) >= 11 is 0. The van der Waals surface area contributed by atoms with Gasteiger partial charge >= 0.3 is 0 Å². The molecule has 0 radical (unpaired) electrons. The second kappa shape index (κ2) is 17.4. The number of nitrogens with zero attached hydrogens (tertiary/aromatic N) is 1. The molecule has 1 unspecified atom stereocenters. The number of hydrogen-bond acceptors (Lipinski definition) is 1. The molecule has 0 saturated heterocycles. The summed E-state index contributed by atoms with van der Waals surface area (Å²) in [5.41, 5.74) is 2.36. The minimum Gasteiger partial charge on any atom is -0.285 e. The van der Waals surface area contributed by atoms with E-state index >= 15 is 0 Å². The Morgan fingerprint density at radius 2 is 1.91 bits per heavy atom. The molecule has 124 valence electrons. The van der Waals surface area contributed by atoms with Gasteiger partial charge in [-0.1, -0.05) is 77.2 Å². The largest absolute Gasteiger partial charge is 0.285 e. The van der Waals surface area contributed by atoms with E-state index in [0.717, 1.165) is 24.8 Å². The highest BCUT2D eigenvalue weighted by Crippen LogP contribution is 2.15. The number of rotatable bonds is 6. The maximum atomic E-state index is 4.55. The van der Waals surface area contributed by atoms with Gasteiger partial charge in [0.25, 0.3) is 0 Å². The van der Waals surface area contributed by atoms with E-state index in [4.69, 9.17) is 0 Å². The quantitative estimate of drug-likeness (QED) is 0.289. The smallest absolute Gasteiger partial charge is 0.0717 e. The van der Waals surface area contributed by atoms with Crippen LogP contribution in [0.1, 0.15) is 60.3 Å². The van der Waals surface area contributed by atoms with E-state index in [1.54, 1.807) is 0 Å². The molecule has 0 N–H and O–H groups in total. The van der Waals surface area contributed by atoms with Gasteiger partial charge in [-0.25, -0.2) is 0 Å². The molecule has 1 rings (SSSR count). The monoisotopic (exact) mass is 301 g/mol. The molecule has 1 aliphatic rings. The molecule has 0 aliphatic heterocycles. The zero-order chi connectivity index (χ0) is 17.2. The molecule has 1 atom stereocenters. The molecule has 1 heteroatoms. The molecule has 0 aromatic rings. The molecule has 0 saturated carbocycles. The lowest BCUT2D eigenvalue weighted by Gasteiger charge is -2.11. The summed E-state index contributed by atoms with van der Waals surface area (Å²) in [6.45, 7) is 17.8. The first-order valence-corrected chi connectivity index (χ1v) is 8.52. The van der Waals surface area contributed by atoms with Gasteiger partial charge in [-0.2, -0.15) is 0 Å². The van der Waals surface area contributed by atoms with Gasteiger partial charge in [0.1, 0.15) is 0 Å². The van der Waals surface area contributed by atoms with Gasteiger partial charge in [0, 0.05) is 6.21 Å². The van der Waals surface area contributed by atoms with Crippen LogP contribution in [0, 0.1) is 0 Å². The highest BCUT2D eigenvalue weighted by Gasteiger charge is 2.04. The molecule has 0 aromatic carbocycles. The van der Waals surface area contributed by atoms with Gasteiger partial charge in [-0.05, 0) is 37.3 Å².